The van der Waals surface area contributed by atoms with Crippen LogP contribution in [0.1, 0.15) is 28.8 Å². The summed E-state index contributed by atoms with van der Waals surface area (Å²) in [4.78, 5) is 52.9. The van der Waals surface area contributed by atoms with E-state index >= 15 is 0 Å². The lowest BCUT2D eigenvalue weighted by Crippen LogP contribution is -2.58. The van der Waals surface area contributed by atoms with Gasteiger partial charge in [0.2, 0.25) is 11.8 Å². The number of piperazine rings is 1. The predicted molar refractivity (Wildman–Crippen MR) is 98.7 cm³/mol. The van der Waals surface area contributed by atoms with Crippen LogP contribution in [-0.4, -0.2) is 77.0 Å². The fraction of sp³-hybridized carbons (Fsp3) is 0.474. The fourth-order valence-corrected chi connectivity index (χ4v) is 4.66. The van der Waals surface area contributed by atoms with Crippen molar-refractivity contribution >= 4 is 29.5 Å². The van der Waals surface area contributed by atoms with E-state index in [0.29, 0.717) is 44.0 Å². The number of imide groups is 1. The van der Waals surface area contributed by atoms with Crippen LogP contribution >= 0.6 is 0 Å². The maximum atomic E-state index is 12.9. The van der Waals surface area contributed by atoms with Crippen LogP contribution in [0.5, 0.6) is 5.75 Å². The molecule has 0 saturated carbocycles. The second kappa shape index (κ2) is 6.36. The van der Waals surface area contributed by atoms with Crippen molar-refractivity contribution in [3.05, 3.63) is 23.3 Å². The van der Waals surface area contributed by atoms with Gasteiger partial charge in [0.25, 0.3) is 5.91 Å². The first kappa shape index (κ1) is 17.8. The van der Waals surface area contributed by atoms with E-state index < -0.39 is 18.0 Å². The molecule has 10 nitrogen and oxygen atoms in total. The largest absolute Gasteiger partial charge is 0.489 e. The van der Waals surface area contributed by atoms with Crippen molar-refractivity contribution in [1.29, 1.82) is 0 Å². The van der Waals surface area contributed by atoms with Gasteiger partial charge >= 0.3 is 6.09 Å². The van der Waals surface area contributed by atoms with Crippen molar-refractivity contribution < 1.29 is 29.0 Å². The van der Waals surface area contributed by atoms with E-state index in [2.05, 4.69) is 10.2 Å². The molecule has 1 unspecified atom stereocenters. The van der Waals surface area contributed by atoms with Crippen molar-refractivity contribution in [2.24, 2.45) is 0 Å². The lowest BCUT2D eigenvalue weighted by molar-refractivity contribution is -0.136. The van der Waals surface area contributed by atoms with Crippen molar-refractivity contribution in [3.8, 4) is 5.75 Å². The highest BCUT2D eigenvalue weighted by atomic mass is 16.5. The summed E-state index contributed by atoms with van der Waals surface area (Å²) in [6.45, 7) is 1.91. The Balaban J connectivity index is 1.43. The zero-order chi connectivity index (χ0) is 20.3. The van der Waals surface area contributed by atoms with Crippen LogP contribution in [0.3, 0.4) is 0 Å². The van der Waals surface area contributed by atoms with E-state index in [-0.39, 0.29) is 30.8 Å². The quantitative estimate of drug-likeness (QED) is 0.637. The number of amides is 4. The van der Waals surface area contributed by atoms with Gasteiger partial charge < -0.3 is 24.5 Å². The van der Waals surface area contributed by atoms with Crippen LogP contribution < -0.4 is 15.0 Å². The average Bonchev–Trinajstić information content (AvgIpc) is 3.04. The number of carbonyl (C=O) groups is 4. The van der Waals surface area contributed by atoms with Crippen molar-refractivity contribution in [2.45, 2.75) is 31.5 Å². The minimum absolute atomic E-state index is 0.0752. The second-order valence-corrected chi connectivity index (χ2v) is 7.73. The van der Waals surface area contributed by atoms with Gasteiger partial charge in [0.1, 0.15) is 18.4 Å². The van der Waals surface area contributed by atoms with E-state index in [9.17, 15) is 24.3 Å². The Morgan fingerprint density at radius 3 is 2.76 bits per heavy atom. The van der Waals surface area contributed by atoms with Gasteiger partial charge in [0.15, 0.2) is 0 Å². The second-order valence-electron chi connectivity index (χ2n) is 7.73. The first-order chi connectivity index (χ1) is 13.9. The molecule has 0 spiro atoms. The minimum atomic E-state index is -0.935. The van der Waals surface area contributed by atoms with Gasteiger partial charge in [-0.15, -0.1) is 0 Å². The molecular weight excluding hydrogens is 380 g/mol. The van der Waals surface area contributed by atoms with Crippen molar-refractivity contribution in [1.82, 2.24) is 15.1 Å². The van der Waals surface area contributed by atoms with Gasteiger partial charge in [-0.1, -0.05) is 0 Å². The Labute approximate surface area is 166 Å². The Bertz CT molecular complexity index is 947. The van der Waals surface area contributed by atoms with Crippen LogP contribution in [-0.2, 0) is 16.1 Å². The van der Waals surface area contributed by atoms with Crippen molar-refractivity contribution in [2.75, 3.05) is 31.1 Å². The number of hydrogen-bond donors (Lipinski definition) is 2. The van der Waals surface area contributed by atoms with E-state index in [4.69, 9.17) is 4.74 Å². The van der Waals surface area contributed by atoms with Gasteiger partial charge in [0.05, 0.1) is 18.3 Å². The minimum Gasteiger partial charge on any atom is -0.489 e. The van der Waals surface area contributed by atoms with E-state index in [1.807, 2.05) is 6.07 Å². The molecule has 29 heavy (non-hydrogen) atoms. The predicted octanol–water partition coefficient (Wildman–Crippen LogP) is 0.00860. The Morgan fingerprint density at radius 2 is 2.00 bits per heavy atom. The molecular formula is C19H20N4O6. The van der Waals surface area contributed by atoms with Crippen LogP contribution in [0.25, 0.3) is 0 Å². The molecule has 0 radical (unpaired) electrons. The lowest BCUT2D eigenvalue weighted by Gasteiger charge is -2.45. The third kappa shape index (κ3) is 2.70. The number of fused-ring (bicyclic) bond motifs is 5. The zero-order valence-electron chi connectivity index (χ0n) is 15.6. The molecule has 2 saturated heterocycles. The number of ether oxygens (including phenoxy) is 1. The van der Waals surface area contributed by atoms with Crippen LogP contribution in [0.4, 0.5) is 10.5 Å². The average molecular weight is 400 g/mol. The molecule has 0 aliphatic carbocycles. The monoisotopic (exact) mass is 400 g/mol. The highest BCUT2D eigenvalue weighted by Crippen LogP contribution is 2.43. The standard InChI is InChI=1S/C19H20N4O6/c24-15-4-3-14(17(25)20-15)23-8-12-11(18(23)26)1-2-13-16(12)29-9-10-7-21(19(27)28)5-6-22(10)13/h1-2,10,14H,3-9H2,(H,27,28)(H,20,24,25)/t10-,14?/m1/s1. The number of carboxylic acid groups (broad SMARTS) is 1. The van der Waals surface area contributed by atoms with Gasteiger partial charge in [-0.25, -0.2) is 4.79 Å². The first-order valence-electron chi connectivity index (χ1n) is 9.62. The Hall–Kier alpha value is -3.30. The SMILES string of the molecule is O=C1CCC(N2Cc3c(ccc4c3OC[C@H]3CN(C(=O)O)CCN43)C2=O)C(=O)N1. The van der Waals surface area contributed by atoms with E-state index in [1.54, 1.807) is 6.07 Å². The third-order valence-electron chi connectivity index (χ3n) is 6.13. The summed E-state index contributed by atoms with van der Waals surface area (Å²) in [5.74, 6) is -0.367. The van der Waals surface area contributed by atoms with Crippen molar-refractivity contribution in [3.63, 3.8) is 0 Å². The smallest absolute Gasteiger partial charge is 0.407 e. The van der Waals surface area contributed by atoms with Crippen LogP contribution in [0.2, 0.25) is 0 Å². The summed E-state index contributed by atoms with van der Waals surface area (Å²) >= 11 is 0. The topological polar surface area (TPSA) is 119 Å². The van der Waals surface area contributed by atoms with Gasteiger partial charge in [0, 0.05) is 37.2 Å². The number of piperidine rings is 1. The first-order valence-corrected chi connectivity index (χ1v) is 9.62. The maximum Gasteiger partial charge on any atom is 0.407 e. The highest BCUT2D eigenvalue weighted by molar-refractivity contribution is 6.06. The number of hydrogen-bond acceptors (Lipinski definition) is 6. The fourth-order valence-electron chi connectivity index (χ4n) is 4.66. The van der Waals surface area contributed by atoms with Gasteiger partial charge in [-0.3, -0.25) is 19.7 Å². The highest BCUT2D eigenvalue weighted by Gasteiger charge is 2.43. The normalized spacial score (nSPS) is 25.8. The number of anilines is 1. The zero-order valence-corrected chi connectivity index (χ0v) is 15.6. The molecule has 10 heteroatoms. The summed E-state index contributed by atoms with van der Waals surface area (Å²) in [6, 6.07) is 2.84. The van der Waals surface area contributed by atoms with Gasteiger partial charge in [-0.2, -0.15) is 0 Å². The van der Waals surface area contributed by atoms with E-state index in [1.165, 1.54) is 9.80 Å². The molecule has 1 aromatic rings. The molecule has 152 valence electrons. The molecule has 4 heterocycles. The molecule has 4 amide bonds. The lowest BCUT2D eigenvalue weighted by atomic mass is 10.0. The van der Waals surface area contributed by atoms with E-state index in [0.717, 1.165) is 11.3 Å². The number of carbonyl (C=O) groups excluding carboxylic acids is 3. The molecule has 0 aromatic heterocycles. The number of nitrogens with one attached hydrogen (secondary N) is 1. The Kier molecular flexibility index (Phi) is 3.90. The summed E-state index contributed by atoms with van der Waals surface area (Å²) in [6.07, 6.45) is -0.414. The molecule has 2 atom stereocenters. The van der Waals surface area contributed by atoms with Gasteiger partial charge in [-0.05, 0) is 18.6 Å². The number of rotatable bonds is 1. The molecule has 5 rings (SSSR count). The Morgan fingerprint density at radius 1 is 1.17 bits per heavy atom. The summed E-state index contributed by atoms with van der Waals surface area (Å²) in [5, 5.41) is 11.5. The van der Waals surface area contributed by atoms with Crippen LogP contribution in [0, 0.1) is 0 Å². The molecule has 2 N–H and O–H groups in total. The number of benzene rings is 1. The third-order valence-corrected chi connectivity index (χ3v) is 6.13. The summed E-state index contributed by atoms with van der Waals surface area (Å²) < 4.78 is 6.00. The maximum absolute atomic E-state index is 12.9. The van der Waals surface area contributed by atoms with Crippen LogP contribution in [0.15, 0.2) is 12.1 Å². The summed E-state index contributed by atoms with van der Waals surface area (Å²) in [7, 11) is 0. The number of nitrogens with zero attached hydrogens (tertiary/aromatic N) is 3. The molecule has 1 aromatic carbocycles. The molecule has 0 bridgehead atoms. The molecule has 4 aliphatic rings. The molecule has 4 aliphatic heterocycles. The molecule has 2 fully saturated rings. The summed E-state index contributed by atoms with van der Waals surface area (Å²) in [5.41, 5.74) is 2.11.